The van der Waals surface area contributed by atoms with Crippen LogP contribution in [0.3, 0.4) is 0 Å². The first-order valence-corrected chi connectivity index (χ1v) is 11.1. The van der Waals surface area contributed by atoms with Crippen LogP contribution in [0.5, 0.6) is 5.75 Å². The molecule has 1 amide bonds. The minimum Gasteiger partial charge on any atom is -0.507 e. The molecule has 176 valence electrons. The lowest BCUT2D eigenvalue weighted by molar-refractivity contribution is -0.132. The molecular formula is C27H28N2O5. The summed E-state index contributed by atoms with van der Waals surface area (Å²) in [5.41, 5.74) is 1.88. The number of aliphatic hydroxyl groups is 1. The Morgan fingerprint density at radius 2 is 1.74 bits per heavy atom. The highest BCUT2D eigenvalue weighted by molar-refractivity contribution is 6.51. The molecule has 1 aliphatic rings. The summed E-state index contributed by atoms with van der Waals surface area (Å²) >= 11 is 0. The molecule has 0 radical (unpaired) electrons. The number of ether oxygens (including phenoxy) is 1. The molecule has 1 N–H and O–H groups in total. The summed E-state index contributed by atoms with van der Waals surface area (Å²) in [6, 6.07) is 16.6. The van der Waals surface area contributed by atoms with E-state index in [1.54, 1.807) is 48.5 Å². The van der Waals surface area contributed by atoms with E-state index in [9.17, 15) is 14.7 Å². The maximum atomic E-state index is 13.1. The molecule has 1 atom stereocenters. The average molecular weight is 461 g/mol. The Balaban J connectivity index is 1.76. The molecule has 7 nitrogen and oxygen atoms in total. The van der Waals surface area contributed by atoms with Gasteiger partial charge < -0.3 is 19.2 Å². The normalized spacial score (nSPS) is 17.4. The topological polar surface area (TPSA) is 83.2 Å². The van der Waals surface area contributed by atoms with Crippen molar-refractivity contribution in [1.29, 1.82) is 0 Å². The van der Waals surface area contributed by atoms with Crippen LogP contribution in [0.4, 0.5) is 11.4 Å². The fraction of sp³-hybridized carbons (Fsp3) is 0.259. The highest BCUT2D eigenvalue weighted by Crippen LogP contribution is 2.42. The third-order valence-electron chi connectivity index (χ3n) is 5.61. The van der Waals surface area contributed by atoms with Crippen molar-refractivity contribution in [3.8, 4) is 5.75 Å². The summed E-state index contributed by atoms with van der Waals surface area (Å²) in [7, 11) is 3.84. The summed E-state index contributed by atoms with van der Waals surface area (Å²) in [5, 5.41) is 11.2. The number of hydrogen-bond donors (Lipinski definition) is 1. The van der Waals surface area contributed by atoms with E-state index in [2.05, 4.69) is 13.8 Å². The van der Waals surface area contributed by atoms with Gasteiger partial charge in [0.25, 0.3) is 11.7 Å². The van der Waals surface area contributed by atoms with Gasteiger partial charge >= 0.3 is 0 Å². The largest absolute Gasteiger partial charge is 0.507 e. The molecule has 0 spiro atoms. The van der Waals surface area contributed by atoms with Gasteiger partial charge in [-0.3, -0.25) is 14.5 Å². The van der Waals surface area contributed by atoms with Crippen molar-refractivity contribution < 1.29 is 23.8 Å². The van der Waals surface area contributed by atoms with Gasteiger partial charge in [-0.15, -0.1) is 0 Å². The van der Waals surface area contributed by atoms with Crippen LogP contribution in [0.1, 0.15) is 31.2 Å². The highest BCUT2D eigenvalue weighted by atomic mass is 16.5. The molecule has 2 aromatic carbocycles. The molecule has 1 saturated heterocycles. The maximum Gasteiger partial charge on any atom is 0.300 e. The lowest BCUT2D eigenvalue weighted by Crippen LogP contribution is -2.29. The number of benzene rings is 2. The number of anilines is 2. The SMILES string of the molecule is CC(C)COc1ccc(/C(O)=C2/C(=O)C(=O)N(c3ccc(N(C)C)cc3)C2c2ccco2)cc1. The summed E-state index contributed by atoms with van der Waals surface area (Å²) in [5.74, 6) is -0.330. The Kier molecular flexibility index (Phi) is 6.45. The van der Waals surface area contributed by atoms with E-state index in [0.717, 1.165) is 5.69 Å². The van der Waals surface area contributed by atoms with Crippen LogP contribution in [0, 0.1) is 5.92 Å². The summed E-state index contributed by atoms with van der Waals surface area (Å²) in [6.07, 6.45) is 1.48. The fourth-order valence-electron chi connectivity index (χ4n) is 3.85. The zero-order chi connectivity index (χ0) is 24.4. The Morgan fingerprint density at radius 3 is 2.29 bits per heavy atom. The van der Waals surface area contributed by atoms with Crippen LogP contribution in [0.15, 0.2) is 76.9 Å². The number of carbonyl (C=O) groups is 2. The molecule has 1 aromatic heterocycles. The molecule has 7 heteroatoms. The standard InChI is InChI=1S/C27H28N2O5/c1-17(2)16-34-21-13-7-18(8-14-21)25(30)23-24(22-6-5-15-33-22)29(27(32)26(23)31)20-11-9-19(10-12-20)28(3)4/h5-15,17,24,30H,16H2,1-4H3/b25-23-. The third kappa shape index (κ3) is 4.41. The van der Waals surface area contributed by atoms with Crippen LogP contribution in [0.2, 0.25) is 0 Å². The van der Waals surface area contributed by atoms with E-state index in [0.29, 0.717) is 35.3 Å². The predicted molar refractivity (Wildman–Crippen MR) is 131 cm³/mol. The maximum absolute atomic E-state index is 13.1. The smallest absolute Gasteiger partial charge is 0.300 e. The van der Waals surface area contributed by atoms with Crippen molar-refractivity contribution in [1.82, 2.24) is 0 Å². The zero-order valence-electron chi connectivity index (χ0n) is 19.7. The zero-order valence-corrected chi connectivity index (χ0v) is 19.7. The monoisotopic (exact) mass is 460 g/mol. The van der Waals surface area contributed by atoms with Crippen molar-refractivity contribution >= 4 is 28.8 Å². The molecule has 1 fully saturated rings. The number of carbonyl (C=O) groups excluding carboxylic acids is 2. The van der Waals surface area contributed by atoms with E-state index >= 15 is 0 Å². The molecule has 1 unspecified atom stereocenters. The van der Waals surface area contributed by atoms with Gasteiger partial charge in [-0.2, -0.15) is 0 Å². The van der Waals surface area contributed by atoms with Gasteiger partial charge in [0.1, 0.15) is 23.3 Å². The molecule has 4 rings (SSSR count). The van der Waals surface area contributed by atoms with Crippen molar-refractivity contribution in [3.05, 3.63) is 83.8 Å². The second kappa shape index (κ2) is 9.47. The number of furan rings is 1. The molecule has 2 heterocycles. The van der Waals surface area contributed by atoms with E-state index in [1.165, 1.54) is 11.2 Å². The van der Waals surface area contributed by atoms with Crippen LogP contribution >= 0.6 is 0 Å². The van der Waals surface area contributed by atoms with Gasteiger partial charge in [-0.1, -0.05) is 13.8 Å². The average Bonchev–Trinajstić information content (AvgIpc) is 3.44. The van der Waals surface area contributed by atoms with Crippen LogP contribution in [-0.2, 0) is 9.59 Å². The van der Waals surface area contributed by atoms with E-state index in [-0.39, 0.29) is 11.3 Å². The van der Waals surface area contributed by atoms with Crippen molar-refractivity contribution in [2.24, 2.45) is 5.92 Å². The van der Waals surface area contributed by atoms with E-state index in [4.69, 9.17) is 9.15 Å². The molecule has 0 bridgehead atoms. The molecule has 34 heavy (non-hydrogen) atoms. The molecule has 3 aromatic rings. The lowest BCUT2D eigenvalue weighted by atomic mass is 9.99. The number of hydrogen-bond acceptors (Lipinski definition) is 6. The third-order valence-corrected chi connectivity index (χ3v) is 5.61. The first-order chi connectivity index (χ1) is 16.3. The van der Waals surface area contributed by atoms with Gasteiger partial charge in [0, 0.05) is 31.0 Å². The number of nitrogens with zero attached hydrogens (tertiary/aromatic N) is 2. The number of rotatable bonds is 7. The Bertz CT molecular complexity index is 1190. The van der Waals surface area contributed by atoms with E-state index < -0.39 is 17.7 Å². The van der Waals surface area contributed by atoms with Crippen LogP contribution < -0.4 is 14.5 Å². The molecule has 1 aliphatic heterocycles. The summed E-state index contributed by atoms with van der Waals surface area (Å²) in [6.45, 7) is 4.69. The van der Waals surface area contributed by atoms with Gasteiger partial charge in [-0.25, -0.2) is 0 Å². The highest BCUT2D eigenvalue weighted by Gasteiger charge is 2.48. The minimum atomic E-state index is -0.892. The van der Waals surface area contributed by atoms with Crippen LogP contribution in [-0.4, -0.2) is 37.5 Å². The number of aliphatic hydroxyl groups excluding tert-OH is 1. The molecule has 0 aliphatic carbocycles. The first kappa shape index (κ1) is 23.2. The van der Waals surface area contributed by atoms with Crippen molar-refractivity contribution in [2.75, 3.05) is 30.5 Å². The second-order valence-electron chi connectivity index (χ2n) is 8.82. The van der Waals surface area contributed by atoms with Gasteiger partial charge in [0.05, 0.1) is 18.4 Å². The number of ketones is 1. The van der Waals surface area contributed by atoms with Gasteiger partial charge in [0.2, 0.25) is 0 Å². The Morgan fingerprint density at radius 1 is 1.06 bits per heavy atom. The first-order valence-electron chi connectivity index (χ1n) is 11.1. The second-order valence-corrected chi connectivity index (χ2v) is 8.82. The molecular weight excluding hydrogens is 432 g/mol. The Labute approximate surface area is 198 Å². The van der Waals surface area contributed by atoms with Crippen molar-refractivity contribution in [2.45, 2.75) is 19.9 Å². The number of amides is 1. The predicted octanol–water partition coefficient (Wildman–Crippen LogP) is 5.01. The minimum absolute atomic E-state index is 0.0208. The lowest BCUT2D eigenvalue weighted by Gasteiger charge is -2.24. The van der Waals surface area contributed by atoms with Gasteiger partial charge in [0.15, 0.2) is 0 Å². The summed E-state index contributed by atoms with van der Waals surface area (Å²) in [4.78, 5) is 29.6. The Hall–Kier alpha value is -4.00. The van der Waals surface area contributed by atoms with Crippen molar-refractivity contribution in [3.63, 3.8) is 0 Å². The summed E-state index contributed by atoms with van der Waals surface area (Å²) < 4.78 is 11.3. The quantitative estimate of drug-likeness (QED) is 0.303. The molecule has 0 saturated carbocycles. The fourth-order valence-corrected chi connectivity index (χ4v) is 3.85. The van der Waals surface area contributed by atoms with Crippen LogP contribution in [0.25, 0.3) is 5.76 Å². The van der Waals surface area contributed by atoms with Gasteiger partial charge in [-0.05, 0) is 66.6 Å². The van der Waals surface area contributed by atoms with E-state index in [1.807, 2.05) is 31.1 Å². The number of Topliss-reactive ketones (excluding diaryl/α,β-unsaturated/α-hetero) is 1.